The summed E-state index contributed by atoms with van der Waals surface area (Å²) in [5.74, 6) is 0.367. The van der Waals surface area contributed by atoms with Crippen molar-refractivity contribution in [3.63, 3.8) is 0 Å². The molecule has 1 amide bonds. The highest BCUT2D eigenvalue weighted by atomic mass is 35.5. The largest absolute Gasteiger partial charge is 0.306 e. The Morgan fingerprint density at radius 1 is 1.11 bits per heavy atom. The zero-order valence-corrected chi connectivity index (χ0v) is 15.3. The Morgan fingerprint density at radius 2 is 1.93 bits per heavy atom. The fourth-order valence-corrected chi connectivity index (χ4v) is 3.10. The summed E-state index contributed by atoms with van der Waals surface area (Å²) >= 11 is 6.26. The number of fused-ring (bicyclic) bond motifs is 1. The summed E-state index contributed by atoms with van der Waals surface area (Å²) in [6.45, 7) is 2.35. The van der Waals surface area contributed by atoms with Gasteiger partial charge in [0.15, 0.2) is 0 Å². The van der Waals surface area contributed by atoms with Crippen LogP contribution in [-0.2, 0) is 6.54 Å². The fraction of sp³-hybridized carbons (Fsp3) is 0.100. The van der Waals surface area contributed by atoms with Gasteiger partial charge in [0.05, 0.1) is 23.8 Å². The molecule has 4 aromatic rings. The maximum Gasteiger partial charge on any atom is 0.259 e. The summed E-state index contributed by atoms with van der Waals surface area (Å²) in [5.41, 5.74) is 3.49. The first kappa shape index (κ1) is 17.2. The zero-order valence-electron chi connectivity index (χ0n) is 14.6. The van der Waals surface area contributed by atoms with Crippen LogP contribution in [0.15, 0.2) is 61.1 Å². The lowest BCUT2D eigenvalue weighted by atomic mass is 10.1. The second kappa shape index (κ2) is 7.17. The summed E-state index contributed by atoms with van der Waals surface area (Å²) < 4.78 is 1.73. The number of para-hydroxylation sites is 1. The van der Waals surface area contributed by atoms with E-state index < -0.39 is 0 Å². The predicted octanol–water partition coefficient (Wildman–Crippen LogP) is 4.09. The second-order valence-electron chi connectivity index (χ2n) is 6.11. The van der Waals surface area contributed by atoms with Gasteiger partial charge in [0.25, 0.3) is 5.91 Å². The van der Waals surface area contributed by atoms with E-state index in [1.165, 1.54) is 0 Å². The van der Waals surface area contributed by atoms with E-state index in [9.17, 15) is 4.79 Å². The molecule has 0 atom stereocenters. The van der Waals surface area contributed by atoms with Gasteiger partial charge in [0.1, 0.15) is 11.3 Å². The van der Waals surface area contributed by atoms with E-state index in [2.05, 4.69) is 20.4 Å². The lowest BCUT2D eigenvalue weighted by Gasteiger charge is -2.12. The Bertz CT molecular complexity index is 1130. The van der Waals surface area contributed by atoms with Gasteiger partial charge in [-0.25, -0.2) is 4.68 Å². The maximum atomic E-state index is 12.9. The number of aromatic nitrogens is 4. The number of nitrogens with zero attached hydrogens (tertiary/aromatic N) is 4. The molecule has 0 aliphatic rings. The molecule has 6 nitrogen and oxygen atoms in total. The first-order valence-electron chi connectivity index (χ1n) is 8.40. The van der Waals surface area contributed by atoms with Gasteiger partial charge in [0, 0.05) is 23.0 Å². The Balaban J connectivity index is 1.66. The number of halogens is 1. The van der Waals surface area contributed by atoms with E-state index in [1.807, 2.05) is 37.3 Å². The minimum Gasteiger partial charge on any atom is -0.306 e. The minimum atomic E-state index is -0.259. The van der Waals surface area contributed by atoms with E-state index >= 15 is 0 Å². The smallest absolute Gasteiger partial charge is 0.259 e. The summed E-state index contributed by atoms with van der Waals surface area (Å²) in [6, 6.07) is 12.9. The van der Waals surface area contributed by atoms with Crippen molar-refractivity contribution in [3.05, 3.63) is 82.8 Å². The topological polar surface area (TPSA) is 72.7 Å². The van der Waals surface area contributed by atoms with Crippen LogP contribution < -0.4 is 5.32 Å². The van der Waals surface area contributed by atoms with E-state index in [0.717, 1.165) is 11.1 Å². The Morgan fingerprint density at radius 3 is 2.78 bits per heavy atom. The zero-order chi connectivity index (χ0) is 18.8. The fourth-order valence-electron chi connectivity index (χ4n) is 2.90. The van der Waals surface area contributed by atoms with Crippen molar-refractivity contribution in [2.45, 2.75) is 13.5 Å². The van der Waals surface area contributed by atoms with Crippen molar-refractivity contribution in [1.82, 2.24) is 19.7 Å². The molecule has 0 bridgehead atoms. The molecule has 0 saturated carbocycles. The average Bonchev–Trinajstić information content (AvgIpc) is 3.02. The van der Waals surface area contributed by atoms with Gasteiger partial charge in [-0.3, -0.25) is 14.8 Å². The maximum absolute atomic E-state index is 12.9. The van der Waals surface area contributed by atoms with Crippen molar-refractivity contribution >= 4 is 34.4 Å². The molecule has 2 aromatic carbocycles. The van der Waals surface area contributed by atoms with Crippen LogP contribution in [0.1, 0.15) is 21.5 Å². The molecular formula is C20H16ClN5O. The molecule has 134 valence electrons. The molecule has 0 aliphatic carbocycles. The van der Waals surface area contributed by atoms with Crippen molar-refractivity contribution in [2.75, 3.05) is 5.32 Å². The summed E-state index contributed by atoms with van der Waals surface area (Å²) in [4.78, 5) is 21.4. The van der Waals surface area contributed by atoms with Crippen LogP contribution in [0.25, 0.3) is 11.0 Å². The number of carbonyl (C=O) groups excluding carboxylic acids is 1. The standard InChI is InChI=1S/C20H16ClN5O/c1-13-11-24-26(12-14-5-2-3-7-16(14)21)19(13)25-20(27)15-6-4-8-17-18(15)23-10-9-22-17/h2-11H,12H2,1H3,(H,25,27). The second-order valence-corrected chi connectivity index (χ2v) is 6.52. The van der Waals surface area contributed by atoms with Crippen LogP contribution in [0.2, 0.25) is 5.02 Å². The Labute approximate surface area is 160 Å². The highest BCUT2D eigenvalue weighted by Gasteiger charge is 2.16. The van der Waals surface area contributed by atoms with Gasteiger partial charge in [0.2, 0.25) is 0 Å². The van der Waals surface area contributed by atoms with Gasteiger partial charge in [-0.05, 0) is 30.7 Å². The SMILES string of the molecule is Cc1cnn(Cc2ccccc2Cl)c1NC(=O)c1cccc2nccnc12. The molecule has 2 aromatic heterocycles. The number of hydrogen-bond donors (Lipinski definition) is 1. The van der Waals surface area contributed by atoms with Gasteiger partial charge in [-0.1, -0.05) is 35.9 Å². The molecule has 0 saturated heterocycles. The number of nitrogens with one attached hydrogen (secondary N) is 1. The first-order chi connectivity index (χ1) is 13.1. The van der Waals surface area contributed by atoms with Gasteiger partial charge < -0.3 is 5.32 Å². The summed E-state index contributed by atoms with van der Waals surface area (Å²) in [5, 5.41) is 7.99. The lowest BCUT2D eigenvalue weighted by Crippen LogP contribution is -2.17. The highest BCUT2D eigenvalue weighted by molar-refractivity contribution is 6.31. The highest BCUT2D eigenvalue weighted by Crippen LogP contribution is 2.22. The van der Waals surface area contributed by atoms with Crippen LogP contribution in [-0.4, -0.2) is 25.7 Å². The molecule has 7 heteroatoms. The molecule has 0 spiro atoms. The van der Waals surface area contributed by atoms with E-state index in [1.54, 1.807) is 35.4 Å². The number of amides is 1. The molecule has 0 radical (unpaired) electrons. The third-order valence-electron chi connectivity index (χ3n) is 4.28. The van der Waals surface area contributed by atoms with E-state index in [4.69, 9.17) is 11.6 Å². The van der Waals surface area contributed by atoms with Crippen molar-refractivity contribution < 1.29 is 4.79 Å². The summed E-state index contributed by atoms with van der Waals surface area (Å²) in [6.07, 6.45) is 4.90. The Hall–Kier alpha value is -3.25. The minimum absolute atomic E-state index is 0.259. The molecule has 0 unspecified atom stereocenters. The normalized spacial score (nSPS) is 10.9. The number of benzene rings is 2. The number of hydrogen-bond acceptors (Lipinski definition) is 4. The molecule has 27 heavy (non-hydrogen) atoms. The molecule has 2 heterocycles. The summed E-state index contributed by atoms with van der Waals surface area (Å²) in [7, 11) is 0. The van der Waals surface area contributed by atoms with Crippen LogP contribution in [0.5, 0.6) is 0 Å². The van der Waals surface area contributed by atoms with Crippen molar-refractivity contribution in [3.8, 4) is 0 Å². The van der Waals surface area contributed by atoms with E-state index in [0.29, 0.717) is 34.0 Å². The number of anilines is 1. The van der Waals surface area contributed by atoms with E-state index in [-0.39, 0.29) is 5.91 Å². The monoisotopic (exact) mass is 377 g/mol. The third kappa shape index (κ3) is 3.39. The van der Waals surface area contributed by atoms with Crippen molar-refractivity contribution in [1.29, 1.82) is 0 Å². The quantitative estimate of drug-likeness (QED) is 0.581. The molecule has 4 rings (SSSR count). The predicted molar refractivity (Wildman–Crippen MR) is 105 cm³/mol. The molecule has 1 N–H and O–H groups in total. The van der Waals surface area contributed by atoms with Gasteiger partial charge in [-0.2, -0.15) is 5.10 Å². The number of rotatable bonds is 4. The molecular weight excluding hydrogens is 362 g/mol. The third-order valence-corrected chi connectivity index (χ3v) is 4.64. The van der Waals surface area contributed by atoms with Gasteiger partial charge >= 0.3 is 0 Å². The number of carbonyl (C=O) groups is 1. The Kier molecular flexibility index (Phi) is 4.56. The van der Waals surface area contributed by atoms with Crippen LogP contribution >= 0.6 is 11.6 Å². The van der Waals surface area contributed by atoms with Crippen LogP contribution in [0.4, 0.5) is 5.82 Å². The lowest BCUT2D eigenvalue weighted by molar-refractivity contribution is 0.102. The van der Waals surface area contributed by atoms with Gasteiger partial charge in [-0.15, -0.1) is 0 Å². The average molecular weight is 378 g/mol. The van der Waals surface area contributed by atoms with Crippen LogP contribution in [0, 0.1) is 6.92 Å². The molecule has 0 fully saturated rings. The number of aryl methyl sites for hydroxylation is 1. The van der Waals surface area contributed by atoms with Crippen molar-refractivity contribution in [2.24, 2.45) is 0 Å². The van der Waals surface area contributed by atoms with Crippen LogP contribution in [0.3, 0.4) is 0 Å². The first-order valence-corrected chi connectivity index (χ1v) is 8.78. The molecule has 0 aliphatic heterocycles.